The molecule has 3 N–H and O–H groups in total. The molecule has 1 heterocycles. The number of thioether (sulfide) groups is 1. The Morgan fingerprint density at radius 1 is 1.41 bits per heavy atom. The summed E-state index contributed by atoms with van der Waals surface area (Å²) in [5, 5.41) is 10.0. The van der Waals surface area contributed by atoms with Crippen LogP contribution in [0.4, 0.5) is 0 Å². The normalized spacial score (nSPS) is 19.7. The zero-order chi connectivity index (χ0) is 12.3. The van der Waals surface area contributed by atoms with Crippen molar-refractivity contribution in [2.75, 3.05) is 25.5 Å². The Kier molecular flexibility index (Phi) is 4.09. The number of rotatable bonds is 5. The molecule has 1 fully saturated rings. The summed E-state index contributed by atoms with van der Waals surface area (Å²) < 4.78 is 5.27. The molecular weight excluding hydrogens is 234 g/mol. The van der Waals surface area contributed by atoms with Gasteiger partial charge in [-0.15, -0.1) is 11.8 Å². The molecular formula is C13H19NO2S. The van der Waals surface area contributed by atoms with E-state index in [9.17, 15) is 5.11 Å². The van der Waals surface area contributed by atoms with Gasteiger partial charge >= 0.3 is 0 Å². The van der Waals surface area contributed by atoms with Gasteiger partial charge in [0.05, 0.1) is 24.7 Å². The quantitative estimate of drug-likeness (QED) is 0.779. The van der Waals surface area contributed by atoms with Gasteiger partial charge in [-0.1, -0.05) is 19.1 Å². The van der Waals surface area contributed by atoms with Gasteiger partial charge in [0.1, 0.15) is 0 Å². The molecule has 4 heteroatoms. The molecule has 17 heavy (non-hydrogen) atoms. The first-order chi connectivity index (χ1) is 8.23. The molecule has 0 spiro atoms. The highest BCUT2D eigenvalue weighted by atomic mass is 32.2. The van der Waals surface area contributed by atoms with E-state index in [1.54, 1.807) is 0 Å². The number of aliphatic hydroxyl groups is 1. The van der Waals surface area contributed by atoms with E-state index in [1.165, 1.54) is 4.90 Å². The third-order valence-corrected chi connectivity index (χ3v) is 4.21. The Labute approximate surface area is 106 Å². The van der Waals surface area contributed by atoms with E-state index in [-0.39, 0.29) is 12.0 Å². The van der Waals surface area contributed by atoms with Crippen molar-refractivity contribution < 1.29 is 9.84 Å². The predicted molar refractivity (Wildman–Crippen MR) is 70.4 cm³/mol. The van der Waals surface area contributed by atoms with E-state index in [4.69, 9.17) is 10.5 Å². The lowest BCUT2D eigenvalue weighted by atomic mass is 9.74. The van der Waals surface area contributed by atoms with Crippen LogP contribution < -0.4 is 5.73 Å². The highest BCUT2D eigenvalue weighted by Gasteiger charge is 2.45. The third kappa shape index (κ3) is 2.36. The van der Waals surface area contributed by atoms with Crippen LogP contribution >= 0.6 is 11.8 Å². The van der Waals surface area contributed by atoms with Crippen molar-refractivity contribution >= 4 is 11.8 Å². The van der Waals surface area contributed by atoms with Crippen molar-refractivity contribution in [2.45, 2.75) is 23.3 Å². The minimum absolute atomic E-state index is 0.273. The first-order valence-corrected chi connectivity index (χ1v) is 6.90. The van der Waals surface area contributed by atoms with Gasteiger partial charge in [-0.2, -0.15) is 0 Å². The van der Waals surface area contributed by atoms with Gasteiger partial charge < -0.3 is 15.6 Å². The van der Waals surface area contributed by atoms with Crippen molar-refractivity contribution in [3.63, 3.8) is 0 Å². The second kappa shape index (κ2) is 5.40. The minimum Gasteiger partial charge on any atom is -0.391 e. The van der Waals surface area contributed by atoms with Gasteiger partial charge in [-0.05, 0) is 23.4 Å². The number of ether oxygens (including phenoxy) is 1. The first kappa shape index (κ1) is 12.9. The van der Waals surface area contributed by atoms with E-state index >= 15 is 0 Å². The molecule has 0 aromatic heterocycles. The average Bonchev–Trinajstić information content (AvgIpc) is 2.30. The van der Waals surface area contributed by atoms with E-state index in [0.29, 0.717) is 13.2 Å². The van der Waals surface area contributed by atoms with Crippen LogP contribution in [0, 0.1) is 0 Å². The lowest BCUT2D eigenvalue weighted by molar-refractivity contribution is -0.116. The summed E-state index contributed by atoms with van der Waals surface area (Å²) in [6.45, 7) is 3.53. The molecule has 2 rings (SSSR count). The Hall–Kier alpha value is -0.550. The zero-order valence-electron chi connectivity index (χ0n) is 10.1. The molecule has 1 aromatic rings. The molecule has 1 aliphatic heterocycles. The smallest absolute Gasteiger partial charge is 0.0803 e. The van der Waals surface area contributed by atoms with Crippen LogP contribution in [0.15, 0.2) is 29.2 Å². The van der Waals surface area contributed by atoms with Crippen molar-refractivity contribution in [1.29, 1.82) is 0 Å². The molecule has 0 radical (unpaired) electrons. The fraction of sp³-hybridized carbons (Fsp3) is 0.538. The molecule has 1 aromatic carbocycles. The monoisotopic (exact) mass is 253 g/mol. The number of hydrogen-bond acceptors (Lipinski definition) is 4. The van der Waals surface area contributed by atoms with Crippen LogP contribution in [-0.4, -0.2) is 36.7 Å². The Morgan fingerprint density at radius 2 is 2.06 bits per heavy atom. The fourth-order valence-corrected chi connectivity index (χ4v) is 2.81. The SMILES string of the molecule is CCSc1ccc(C2(C(O)CN)COC2)cc1. The summed E-state index contributed by atoms with van der Waals surface area (Å²) in [6, 6.07) is 8.37. The van der Waals surface area contributed by atoms with E-state index in [0.717, 1.165) is 11.3 Å². The Balaban J connectivity index is 2.20. The van der Waals surface area contributed by atoms with Crippen LogP contribution in [0.1, 0.15) is 12.5 Å². The molecule has 1 saturated heterocycles. The molecule has 1 unspecified atom stereocenters. The van der Waals surface area contributed by atoms with Crippen LogP contribution in [0.3, 0.4) is 0 Å². The summed E-state index contributed by atoms with van der Waals surface area (Å²) >= 11 is 1.82. The van der Waals surface area contributed by atoms with Crippen molar-refractivity contribution in [3.05, 3.63) is 29.8 Å². The Bertz CT molecular complexity index is 362. The second-order valence-electron chi connectivity index (χ2n) is 4.36. The van der Waals surface area contributed by atoms with Crippen LogP contribution in [0.2, 0.25) is 0 Å². The minimum atomic E-state index is -0.527. The molecule has 0 saturated carbocycles. The number of benzene rings is 1. The molecule has 0 amide bonds. The maximum atomic E-state index is 10.0. The van der Waals surface area contributed by atoms with Crippen molar-refractivity contribution in [3.8, 4) is 0 Å². The number of hydrogen-bond donors (Lipinski definition) is 2. The molecule has 0 bridgehead atoms. The summed E-state index contributed by atoms with van der Waals surface area (Å²) in [5.41, 5.74) is 6.41. The van der Waals surface area contributed by atoms with E-state index < -0.39 is 6.10 Å². The van der Waals surface area contributed by atoms with Gasteiger partial charge in [0, 0.05) is 11.4 Å². The second-order valence-corrected chi connectivity index (χ2v) is 5.70. The number of nitrogens with two attached hydrogens (primary N) is 1. The highest BCUT2D eigenvalue weighted by Crippen LogP contribution is 2.36. The summed E-state index contributed by atoms with van der Waals surface area (Å²) in [7, 11) is 0. The van der Waals surface area contributed by atoms with Gasteiger partial charge in [-0.25, -0.2) is 0 Å². The van der Waals surface area contributed by atoms with Gasteiger partial charge in [0.2, 0.25) is 0 Å². The summed E-state index contributed by atoms with van der Waals surface area (Å²) in [4.78, 5) is 1.26. The molecule has 0 aliphatic carbocycles. The topological polar surface area (TPSA) is 55.5 Å². The maximum Gasteiger partial charge on any atom is 0.0803 e. The lowest BCUT2D eigenvalue weighted by Gasteiger charge is -2.45. The van der Waals surface area contributed by atoms with Crippen LogP contribution in [-0.2, 0) is 10.2 Å². The Morgan fingerprint density at radius 3 is 2.47 bits per heavy atom. The summed E-state index contributed by atoms with van der Waals surface area (Å²) in [6.07, 6.45) is -0.527. The average molecular weight is 253 g/mol. The fourth-order valence-electron chi connectivity index (χ4n) is 2.15. The summed E-state index contributed by atoms with van der Waals surface area (Å²) in [5.74, 6) is 1.07. The molecule has 94 valence electrons. The first-order valence-electron chi connectivity index (χ1n) is 5.92. The lowest BCUT2D eigenvalue weighted by Crippen LogP contribution is -2.57. The molecule has 3 nitrogen and oxygen atoms in total. The maximum absolute atomic E-state index is 10.0. The highest BCUT2D eigenvalue weighted by molar-refractivity contribution is 7.99. The number of aliphatic hydroxyl groups excluding tert-OH is 1. The standard InChI is InChI=1S/C13H19NO2S/c1-2-17-11-5-3-10(4-6-11)13(8-16-9-13)12(15)7-14/h3-6,12,15H,2,7-9,14H2,1H3. The van der Waals surface area contributed by atoms with Gasteiger partial charge in [-0.3, -0.25) is 0 Å². The van der Waals surface area contributed by atoms with Crippen molar-refractivity contribution in [1.82, 2.24) is 0 Å². The van der Waals surface area contributed by atoms with Gasteiger partial charge in [0.25, 0.3) is 0 Å². The van der Waals surface area contributed by atoms with Crippen LogP contribution in [0.5, 0.6) is 0 Å². The van der Waals surface area contributed by atoms with Gasteiger partial charge in [0.15, 0.2) is 0 Å². The van der Waals surface area contributed by atoms with Crippen LogP contribution in [0.25, 0.3) is 0 Å². The third-order valence-electron chi connectivity index (χ3n) is 3.32. The molecule has 1 aliphatic rings. The molecule has 1 atom stereocenters. The van der Waals surface area contributed by atoms with Crippen molar-refractivity contribution in [2.24, 2.45) is 5.73 Å². The largest absolute Gasteiger partial charge is 0.391 e. The zero-order valence-corrected chi connectivity index (χ0v) is 10.9. The van der Waals surface area contributed by atoms with E-state index in [1.807, 2.05) is 11.8 Å². The predicted octanol–water partition coefficient (Wildman–Crippen LogP) is 1.39. The van der Waals surface area contributed by atoms with E-state index in [2.05, 4.69) is 31.2 Å².